The number of benzene rings is 2. The van der Waals surface area contributed by atoms with E-state index in [1.165, 1.54) is 0 Å². The number of hydrogen-bond acceptors (Lipinski definition) is 6. The first kappa shape index (κ1) is 24.3. The van der Waals surface area contributed by atoms with E-state index in [-0.39, 0.29) is 6.61 Å². The van der Waals surface area contributed by atoms with E-state index < -0.39 is 11.7 Å². The van der Waals surface area contributed by atoms with Crippen LogP contribution < -0.4 is 9.47 Å². The zero-order chi connectivity index (χ0) is 24.1. The summed E-state index contributed by atoms with van der Waals surface area (Å²) in [6.45, 7) is 9.07. The highest BCUT2D eigenvalue weighted by Gasteiger charge is 2.42. The highest BCUT2D eigenvalue weighted by molar-refractivity contribution is 5.42. The fourth-order valence-corrected chi connectivity index (χ4v) is 4.46. The number of aliphatic hydroxyl groups is 2. The van der Waals surface area contributed by atoms with E-state index in [2.05, 4.69) is 29.1 Å². The van der Waals surface area contributed by atoms with Crippen LogP contribution in [0, 0.1) is 20.8 Å². The lowest BCUT2D eigenvalue weighted by Crippen LogP contribution is -2.59. The van der Waals surface area contributed by atoms with Gasteiger partial charge in [0.25, 0.3) is 0 Å². The van der Waals surface area contributed by atoms with Crippen molar-refractivity contribution in [3.8, 4) is 11.5 Å². The molecule has 7 nitrogen and oxygen atoms in total. The third-order valence-corrected chi connectivity index (χ3v) is 6.53. The van der Waals surface area contributed by atoms with Crippen molar-refractivity contribution in [1.82, 2.24) is 14.7 Å². The first-order valence-corrected chi connectivity index (χ1v) is 11.8. The third kappa shape index (κ3) is 5.97. The second-order valence-corrected chi connectivity index (χ2v) is 9.38. The monoisotopic (exact) mass is 465 g/mol. The van der Waals surface area contributed by atoms with Gasteiger partial charge in [-0.05, 0) is 73.7 Å². The van der Waals surface area contributed by atoms with E-state index in [1.54, 1.807) is 6.20 Å². The first-order valence-electron chi connectivity index (χ1n) is 11.8. The summed E-state index contributed by atoms with van der Waals surface area (Å²) >= 11 is 0. The molecular weight excluding hydrogens is 430 g/mol. The molecule has 0 spiro atoms. The highest BCUT2D eigenvalue weighted by atomic mass is 16.5. The Morgan fingerprint density at radius 3 is 2.76 bits per heavy atom. The summed E-state index contributed by atoms with van der Waals surface area (Å²) in [5, 5.41) is 26.1. The van der Waals surface area contributed by atoms with Gasteiger partial charge in [0.15, 0.2) is 0 Å². The van der Waals surface area contributed by atoms with Crippen LogP contribution in [0.25, 0.3) is 0 Å². The molecule has 0 bridgehead atoms. The fraction of sp³-hybridized carbons (Fsp3) is 0.444. The molecule has 2 heterocycles. The molecule has 1 aromatic heterocycles. The number of β-amino-alcohol motifs (C(OH)–C–C–N with tert-alkyl or cyclic N) is 1. The van der Waals surface area contributed by atoms with Crippen molar-refractivity contribution in [3.05, 3.63) is 77.1 Å². The number of piperidine rings is 1. The van der Waals surface area contributed by atoms with Crippen molar-refractivity contribution in [3.63, 3.8) is 0 Å². The lowest BCUT2D eigenvalue weighted by atomic mass is 9.90. The number of aryl methyl sites for hydroxylation is 2. The lowest BCUT2D eigenvalue weighted by molar-refractivity contribution is -0.140. The average Bonchev–Trinajstić information content (AvgIpc) is 3.32. The molecule has 4 rings (SSSR count). The zero-order valence-corrected chi connectivity index (χ0v) is 20.3. The van der Waals surface area contributed by atoms with Gasteiger partial charge < -0.3 is 19.7 Å². The van der Waals surface area contributed by atoms with E-state index in [4.69, 9.17) is 9.47 Å². The van der Waals surface area contributed by atoms with Gasteiger partial charge in [0.1, 0.15) is 30.3 Å². The molecule has 0 radical (unpaired) electrons. The summed E-state index contributed by atoms with van der Waals surface area (Å²) in [7, 11) is 0. The first-order chi connectivity index (χ1) is 16.3. The molecule has 0 amide bonds. The van der Waals surface area contributed by atoms with Gasteiger partial charge in [0.2, 0.25) is 0 Å². The maximum atomic E-state index is 11.3. The van der Waals surface area contributed by atoms with Crippen LogP contribution in [-0.2, 0) is 13.1 Å². The molecule has 0 unspecified atom stereocenters. The Bertz CT molecular complexity index is 1090. The smallest absolute Gasteiger partial charge is 0.137 e. The van der Waals surface area contributed by atoms with E-state index in [0.29, 0.717) is 39.2 Å². The molecule has 7 heteroatoms. The number of hydrogen-bond donors (Lipinski definition) is 2. The van der Waals surface area contributed by atoms with Crippen molar-refractivity contribution in [1.29, 1.82) is 0 Å². The van der Waals surface area contributed by atoms with Crippen LogP contribution in [0.4, 0.5) is 0 Å². The van der Waals surface area contributed by atoms with E-state index in [0.717, 1.165) is 33.8 Å². The van der Waals surface area contributed by atoms with Gasteiger partial charge in [0.05, 0.1) is 12.6 Å². The van der Waals surface area contributed by atoms with Gasteiger partial charge in [-0.1, -0.05) is 18.2 Å². The Balaban J connectivity index is 1.35. The average molecular weight is 466 g/mol. The second kappa shape index (κ2) is 10.6. The number of aromatic nitrogens is 2. The minimum Gasteiger partial charge on any atom is -0.492 e. The Labute approximate surface area is 201 Å². The number of ether oxygens (including phenoxy) is 2. The van der Waals surface area contributed by atoms with E-state index in [9.17, 15) is 10.2 Å². The van der Waals surface area contributed by atoms with Crippen LogP contribution in [0.5, 0.6) is 11.5 Å². The number of likely N-dealkylation sites (tertiary alicyclic amines) is 1. The molecule has 2 N–H and O–H groups in total. The summed E-state index contributed by atoms with van der Waals surface area (Å²) in [6, 6.07) is 14.0. The van der Waals surface area contributed by atoms with Gasteiger partial charge >= 0.3 is 0 Å². The molecule has 1 fully saturated rings. The number of rotatable bonds is 9. The summed E-state index contributed by atoms with van der Waals surface area (Å²) in [5.74, 6) is 1.57. The maximum absolute atomic E-state index is 11.3. The number of nitrogens with zero attached hydrogens (tertiary/aromatic N) is 3. The molecule has 34 heavy (non-hydrogen) atoms. The molecule has 2 aromatic carbocycles. The standard InChI is InChI=1S/C27H35N3O4/c1-20-14-21(2)22(3)25(15-20)34-19-27(32)18-29(11-8-26(27)31)17-23-6-4-7-24(16-23)33-13-12-30-10-5-9-28-30/h4-7,9-10,14-16,26,31-32H,8,11-13,17-19H2,1-3H3/t26-,27-/m0/s1. The lowest BCUT2D eigenvalue weighted by Gasteiger charge is -2.42. The largest absolute Gasteiger partial charge is 0.492 e. The molecule has 3 aromatic rings. The van der Waals surface area contributed by atoms with Crippen LogP contribution in [-0.4, -0.2) is 62.9 Å². The van der Waals surface area contributed by atoms with Crippen molar-refractivity contribution in [2.24, 2.45) is 0 Å². The summed E-state index contributed by atoms with van der Waals surface area (Å²) in [4.78, 5) is 2.16. The molecule has 0 saturated carbocycles. The predicted octanol–water partition coefficient (Wildman–Crippen LogP) is 3.26. The maximum Gasteiger partial charge on any atom is 0.137 e. The van der Waals surface area contributed by atoms with Crippen molar-refractivity contribution in [2.75, 3.05) is 26.3 Å². The topological polar surface area (TPSA) is 80.0 Å². The van der Waals surface area contributed by atoms with Gasteiger partial charge in [-0.3, -0.25) is 9.58 Å². The van der Waals surface area contributed by atoms with Crippen molar-refractivity contribution < 1.29 is 19.7 Å². The quantitative estimate of drug-likeness (QED) is 0.505. The zero-order valence-electron chi connectivity index (χ0n) is 20.3. The molecule has 1 aliphatic heterocycles. The van der Waals surface area contributed by atoms with Crippen LogP contribution in [0.3, 0.4) is 0 Å². The molecule has 2 atom stereocenters. The molecule has 0 aliphatic carbocycles. The molecular formula is C27H35N3O4. The van der Waals surface area contributed by atoms with Crippen molar-refractivity contribution in [2.45, 2.75) is 52.0 Å². The van der Waals surface area contributed by atoms with Gasteiger partial charge in [-0.25, -0.2) is 0 Å². The molecule has 1 saturated heterocycles. The van der Waals surface area contributed by atoms with E-state index in [1.807, 2.05) is 55.1 Å². The van der Waals surface area contributed by atoms with Crippen molar-refractivity contribution >= 4 is 0 Å². The van der Waals surface area contributed by atoms with Crippen LogP contribution >= 0.6 is 0 Å². The summed E-state index contributed by atoms with van der Waals surface area (Å²) in [6.07, 6.45) is 3.33. The normalized spacial score (nSPS) is 20.9. The highest BCUT2D eigenvalue weighted by Crippen LogP contribution is 2.28. The summed E-state index contributed by atoms with van der Waals surface area (Å²) in [5.41, 5.74) is 3.09. The Hall–Kier alpha value is -2.87. The third-order valence-electron chi connectivity index (χ3n) is 6.53. The predicted molar refractivity (Wildman–Crippen MR) is 131 cm³/mol. The van der Waals surface area contributed by atoms with Gasteiger partial charge in [0, 0.05) is 32.0 Å². The SMILES string of the molecule is Cc1cc(C)c(C)c(OC[C@@]2(O)CN(Cc3cccc(OCCn4cccn4)c3)CC[C@@H]2O)c1. The van der Waals surface area contributed by atoms with E-state index >= 15 is 0 Å². The summed E-state index contributed by atoms with van der Waals surface area (Å²) < 4.78 is 13.8. The second-order valence-electron chi connectivity index (χ2n) is 9.38. The fourth-order valence-electron chi connectivity index (χ4n) is 4.46. The Morgan fingerprint density at radius 2 is 1.97 bits per heavy atom. The molecule has 182 valence electrons. The van der Waals surface area contributed by atoms with Gasteiger partial charge in [-0.15, -0.1) is 0 Å². The van der Waals surface area contributed by atoms with Crippen LogP contribution in [0.15, 0.2) is 54.9 Å². The Kier molecular flexibility index (Phi) is 7.56. The minimum absolute atomic E-state index is 0.0466. The van der Waals surface area contributed by atoms with Crippen LogP contribution in [0.1, 0.15) is 28.7 Å². The minimum atomic E-state index is -1.33. The van der Waals surface area contributed by atoms with Crippen LogP contribution in [0.2, 0.25) is 0 Å². The Morgan fingerprint density at radius 1 is 1.12 bits per heavy atom. The number of aliphatic hydroxyl groups excluding tert-OH is 1. The van der Waals surface area contributed by atoms with Gasteiger partial charge in [-0.2, -0.15) is 5.10 Å². The molecule has 1 aliphatic rings.